The normalized spacial score (nSPS) is 11.0. The minimum absolute atomic E-state index is 0.0688. The number of amides is 1. The highest BCUT2D eigenvalue weighted by atomic mass is 32.2. The third-order valence-corrected chi connectivity index (χ3v) is 4.77. The van der Waals surface area contributed by atoms with Crippen molar-refractivity contribution in [1.82, 2.24) is 0 Å². The molecule has 0 aliphatic carbocycles. The van der Waals surface area contributed by atoms with Crippen molar-refractivity contribution in [1.29, 1.82) is 0 Å². The van der Waals surface area contributed by atoms with Crippen LogP contribution in [0.3, 0.4) is 0 Å². The van der Waals surface area contributed by atoms with E-state index in [1.807, 2.05) is 0 Å². The summed E-state index contributed by atoms with van der Waals surface area (Å²) >= 11 is 0. The van der Waals surface area contributed by atoms with Crippen LogP contribution < -0.4 is 9.62 Å². The molecule has 132 valence electrons. The lowest BCUT2D eigenvalue weighted by Gasteiger charge is -2.23. The lowest BCUT2D eigenvalue weighted by atomic mass is 10.1. The number of carbonyl (C=O) groups excluding carboxylic acids is 2. The highest BCUT2D eigenvalue weighted by Crippen LogP contribution is 2.22. The Morgan fingerprint density at radius 3 is 2.16 bits per heavy atom. The molecule has 0 aliphatic heterocycles. The Morgan fingerprint density at radius 1 is 1.04 bits per heavy atom. The lowest BCUT2D eigenvalue weighted by Crippen LogP contribution is -2.37. The van der Waals surface area contributed by atoms with E-state index in [0.29, 0.717) is 16.9 Å². The minimum Gasteiger partial charge on any atom is -0.325 e. The Balaban J connectivity index is 2.18. The van der Waals surface area contributed by atoms with Crippen LogP contribution in [0, 0.1) is 6.92 Å². The second-order valence-electron chi connectivity index (χ2n) is 5.74. The van der Waals surface area contributed by atoms with E-state index in [4.69, 9.17) is 0 Å². The summed E-state index contributed by atoms with van der Waals surface area (Å²) < 4.78 is 25.3. The number of Topliss-reactive ketones (excluding diaryl/α,β-unsaturated/α-hetero) is 1. The Hall–Kier alpha value is -2.67. The van der Waals surface area contributed by atoms with Gasteiger partial charge in [0.05, 0.1) is 11.9 Å². The average Bonchev–Trinajstić information content (AvgIpc) is 2.53. The number of aryl methyl sites for hydroxylation is 1. The molecule has 2 rings (SSSR count). The molecule has 7 heteroatoms. The Morgan fingerprint density at radius 2 is 1.64 bits per heavy atom. The topological polar surface area (TPSA) is 83.6 Å². The molecule has 1 N–H and O–H groups in total. The van der Waals surface area contributed by atoms with Crippen LogP contribution in [0.25, 0.3) is 0 Å². The maximum atomic E-state index is 12.3. The van der Waals surface area contributed by atoms with Gasteiger partial charge in [0.25, 0.3) is 0 Å². The Labute approximate surface area is 147 Å². The van der Waals surface area contributed by atoms with Gasteiger partial charge in [-0.3, -0.25) is 13.9 Å². The molecule has 6 nitrogen and oxygen atoms in total. The van der Waals surface area contributed by atoms with Crippen LogP contribution in [-0.2, 0) is 14.8 Å². The Kier molecular flexibility index (Phi) is 5.58. The van der Waals surface area contributed by atoms with Crippen molar-refractivity contribution in [2.45, 2.75) is 13.8 Å². The first kappa shape index (κ1) is 18.7. The summed E-state index contributed by atoms with van der Waals surface area (Å²) in [7, 11) is -3.62. The molecule has 0 heterocycles. The highest BCUT2D eigenvalue weighted by Gasteiger charge is 2.22. The summed E-state index contributed by atoms with van der Waals surface area (Å²) in [6, 6.07) is 13.4. The van der Waals surface area contributed by atoms with Crippen LogP contribution in [0.15, 0.2) is 48.5 Å². The van der Waals surface area contributed by atoms with Crippen molar-refractivity contribution >= 4 is 33.1 Å². The second-order valence-corrected chi connectivity index (χ2v) is 7.64. The van der Waals surface area contributed by atoms with E-state index in [2.05, 4.69) is 5.32 Å². The number of nitrogens with one attached hydrogen (secondary N) is 1. The number of benzene rings is 2. The van der Waals surface area contributed by atoms with Crippen molar-refractivity contribution < 1.29 is 18.0 Å². The summed E-state index contributed by atoms with van der Waals surface area (Å²) in [4.78, 5) is 23.6. The molecular weight excluding hydrogens is 340 g/mol. The van der Waals surface area contributed by atoms with Gasteiger partial charge in [0, 0.05) is 11.3 Å². The highest BCUT2D eigenvalue weighted by molar-refractivity contribution is 7.92. The maximum absolute atomic E-state index is 12.3. The van der Waals surface area contributed by atoms with Gasteiger partial charge in [-0.05, 0) is 49.7 Å². The molecule has 0 atom stereocenters. The second kappa shape index (κ2) is 7.48. The number of anilines is 2. The zero-order chi connectivity index (χ0) is 18.6. The largest absolute Gasteiger partial charge is 0.325 e. The van der Waals surface area contributed by atoms with Gasteiger partial charge in [0.1, 0.15) is 6.54 Å². The molecule has 1 amide bonds. The van der Waals surface area contributed by atoms with Crippen LogP contribution in [0.2, 0.25) is 0 Å². The number of para-hydroxylation sites is 1. The number of carbonyl (C=O) groups is 2. The monoisotopic (exact) mass is 360 g/mol. The molecule has 0 radical (unpaired) electrons. The van der Waals surface area contributed by atoms with Crippen LogP contribution >= 0.6 is 0 Å². The summed E-state index contributed by atoms with van der Waals surface area (Å²) in [5.41, 5.74) is 2.25. The molecule has 0 spiro atoms. The van der Waals surface area contributed by atoms with E-state index in [0.717, 1.165) is 16.1 Å². The van der Waals surface area contributed by atoms with Gasteiger partial charge in [-0.25, -0.2) is 8.42 Å². The molecule has 0 saturated heterocycles. The standard InChI is InChI=1S/C18H20N2O4S/c1-13-6-4-5-7-17(13)20(25(3,23)24)12-18(22)19-16-10-8-15(9-11-16)14(2)21/h4-11H,12H2,1-3H3,(H,19,22). The molecule has 0 aliphatic rings. The van der Waals surface area contributed by atoms with Gasteiger partial charge in [-0.2, -0.15) is 0 Å². The predicted octanol–water partition coefficient (Wildman–Crippen LogP) is 2.60. The summed E-state index contributed by atoms with van der Waals surface area (Å²) in [6.07, 6.45) is 1.06. The molecule has 0 fully saturated rings. The molecule has 0 bridgehead atoms. The third kappa shape index (κ3) is 4.90. The zero-order valence-corrected chi connectivity index (χ0v) is 15.1. The number of nitrogens with zero attached hydrogens (tertiary/aromatic N) is 1. The van der Waals surface area contributed by atoms with E-state index >= 15 is 0 Å². The smallest absolute Gasteiger partial charge is 0.245 e. The van der Waals surface area contributed by atoms with Crippen molar-refractivity contribution in [3.05, 3.63) is 59.7 Å². The number of ketones is 1. The quantitative estimate of drug-likeness (QED) is 0.803. The molecule has 25 heavy (non-hydrogen) atoms. The minimum atomic E-state index is -3.62. The van der Waals surface area contributed by atoms with Crippen LogP contribution in [0.4, 0.5) is 11.4 Å². The summed E-state index contributed by atoms with van der Waals surface area (Å²) in [6.45, 7) is 2.91. The summed E-state index contributed by atoms with van der Waals surface area (Å²) in [5.74, 6) is -0.537. The van der Waals surface area contributed by atoms with Gasteiger partial charge in [0.15, 0.2) is 5.78 Å². The third-order valence-electron chi connectivity index (χ3n) is 3.65. The maximum Gasteiger partial charge on any atom is 0.245 e. The predicted molar refractivity (Wildman–Crippen MR) is 98.4 cm³/mol. The van der Waals surface area contributed by atoms with Crippen molar-refractivity contribution in [3.8, 4) is 0 Å². The van der Waals surface area contributed by atoms with Crippen molar-refractivity contribution in [2.75, 3.05) is 22.4 Å². The molecule has 0 aromatic heterocycles. The first-order chi connectivity index (χ1) is 11.7. The molecule has 0 saturated carbocycles. The number of sulfonamides is 1. The van der Waals surface area contributed by atoms with E-state index in [9.17, 15) is 18.0 Å². The number of rotatable bonds is 6. The van der Waals surface area contributed by atoms with Gasteiger partial charge in [-0.1, -0.05) is 18.2 Å². The van der Waals surface area contributed by atoms with Crippen LogP contribution in [0.5, 0.6) is 0 Å². The van der Waals surface area contributed by atoms with Gasteiger partial charge in [-0.15, -0.1) is 0 Å². The SMILES string of the molecule is CC(=O)c1ccc(NC(=O)CN(c2ccccc2C)S(C)(=O)=O)cc1. The van der Waals surface area contributed by atoms with E-state index in [1.54, 1.807) is 55.5 Å². The zero-order valence-electron chi connectivity index (χ0n) is 14.3. The first-order valence-corrected chi connectivity index (χ1v) is 9.47. The van der Waals surface area contributed by atoms with Crippen molar-refractivity contribution in [2.24, 2.45) is 0 Å². The van der Waals surface area contributed by atoms with E-state index in [-0.39, 0.29) is 12.3 Å². The van der Waals surface area contributed by atoms with Gasteiger partial charge >= 0.3 is 0 Å². The van der Waals surface area contributed by atoms with Crippen LogP contribution in [0.1, 0.15) is 22.8 Å². The lowest BCUT2D eigenvalue weighted by molar-refractivity contribution is -0.114. The number of hydrogen-bond acceptors (Lipinski definition) is 4. The fourth-order valence-corrected chi connectivity index (χ4v) is 3.26. The molecule has 2 aromatic carbocycles. The average molecular weight is 360 g/mol. The van der Waals surface area contributed by atoms with Gasteiger partial charge in [0.2, 0.25) is 15.9 Å². The molecule has 0 unspecified atom stereocenters. The number of hydrogen-bond donors (Lipinski definition) is 1. The van der Waals surface area contributed by atoms with E-state index in [1.165, 1.54) is 6.92 Å². The summed E-state index contributed by atoms with van der Waals surface area (Å²) in [5, 5.41) is 2.64. The van der Waals surface area contributed by atoms with Gasteiger partial charge < -0.3 is 5.32 Å². The Bertz CT molecular complexity index is 890. The molecular formula is C18H20N2O4S. The van der Waals surface area contributed by atoms with Crippen molar-refractivity contribution in [3.63, 3.8) is 0 Å². The first-order valence-electron chi connectivity index (χ1n) is 7.62. The van der Waals surface area contributed by atoms with E-state index < -0.39 is 15.9 Å². The van der Waals surface area contributed by atoms with Crippen LogP contribution in [-0.4, -0.2) is 32.9 Å². The fraction of sp³-hybridized carbons (Fsp3) is 0.222. The fourth-order valence-electron chi connectivity index (χ4n) is 2.34. The molecule has 2 aromatic rings.